The highest BCUT2D eigenvalue weighted by molar-refractivity contribution is 7.11. The van der Waals surface area contributed by atoms with Crippen LogP contribution in [0.5, 0.6) is 0 Å². The molecule has 4 heteroatoms. The van der Waals surface area contributed by atoms with Gasteiger partial charge in [-0.05, 0) is 13.3 Å². The molecule has 0 radical (unpaired) electrons. The van der Waals surface area contributed by atoms with Gasteiger partial charge in [0.2, 0.25) is 0 Å². The van der Waals surface area contributed by atoms with E-state index in [9.17, 15) is 0 Å². The van der Waals surface area contributed by atoms with Crippen molar-refractivity contribution in [2.24, 2.45) is 5.73 Å². The molecule has 0 aliphatic carbocycles. The Morgan fingerprint density at radius 3 is 2.69 bits per heavy atom. The Labute approximate surface area is 82.9 Å². The van der Waals surface area contributed by atoms with Gasteiger partial charge in [-0.1, -0.05) is 6.92 Å². The molecule has 3 nitrogen and oxygen atoms in total. The van der Waals surface area contributed by atoms with Gasteiger partial charge in [-0.25, -0.2) is 4.98 Å². The van der Waals surface area contributed by atoms with E-state index in [2.05, 4.69) is 11.9 Å². The van der Waals surface area contributed by atoms with Crippen LogP contribution in [-0.4, -0.2) is 12.1 Å². The average Bonchev–Trinajstić information content (AvgIpc) is 2.48. The van der Waals surface area contributed by atoms with Crippen molar-refractivity contribution < 1.29 is 4.74 Å². The summed E-state index contributed by atoms with van der Waals surface area (Å²) in [5, 5.41) is 1.02. The van der Waals surface area contributed by atoms with Gasteiger partial charge in [0.1, 0.15) is 5.01 Å². The van der Waals surface area contributed by atoms with Crippen molar-refractivity contribution in [1.29, 1.82) is 0 Å². The van der Waals surface area contributed by atoms with E-state index >= 15 is 0 Å². The number of nitrogens with zero attached hydrogens (tertiary/aromatic N) is 1. The van der Waals surface area contributed by atoms with Gasteiger partial charge in [-0.3, -0.25) is 0 Å². The Kier molecular flexibility index (Phi) is 3.84. The van der Waals surface area contributed by atoms with Crippen LogP contribution in [-0.2, 0) is 17.8 Å². The SMILES string of the molecule is CCc1nc(COC)sc1C(C)N. The van der Waals surface area contributed by atoms with E-state index in [1.807, 2.05) is 6.92 Å². The van der Waals surface area contributed by atoms with E-state index in [-0.39, 0.29) is 6.04 Å². The molecule has 1 aromatic heterocycles. The van der Waals surface area contributed by atoms with Gasteiger partial charge in [-0.2, -0.15) is 0 Å². The maximum atomic E-state index is 5.83. The second-order valence-corrected chi connectivity index (χ2v) is 4.11. The Morgan fingerprint density at radius 1 is 1.62 bits per heavy atom. The molecule has 1 unspecified atom stereocenters. The number of nitrogens with two attached hydrogens (primary N) is 1. The quantitative estimate of drug-likeness (QED) is 0.807. The van der Waals surface area contributed by atoms with E-state index < -0.39 is 0 Å². The topological polar surface area (TPSA) is 48.1 Å². The van der Waals surface area contributed by atoms with Crippen LogP contribution in [0.25, 0.3) is 0 Å². The largest absolute Gasteiger partial charge is 0.378 e. The van der Waals surface area contributed by atoms with Gasteiger partial charge in [0.25, 0.3) is 0 Å². The monoisotopic (exact) mass is 200 g/mol. The van der Waals surface area contributed by atoms with Gasteiger partial charge in [-0.15, -0.1) is 11.3 Å². The number of thiazole rings is 1. The van der Waals surface area contributed by atoms with Crippen molar-refractivity contribution >= 4 is 11.3 Å². The third-order valence-electron chi connectivity index (χ3n) is 1.79. The minimum Gasteiger partial charge on any atom is -0.378 e. The predicted octanol–water partition coefficient (Wildman–Crippen LogP) is 1.87. The van der Waals surface area contributed by atoms with Gasteiger partial charge < -0.3 is 10.5 Å². The zero-order valence-electron chi connectivity index (χ0n) is 8.33. The van der Waals surface area contributed by atoms with Crippen LogP contribution in [0, 0.1) is 0 Å². The summed E-state index contributed by atoms with van der Waals surface area (Å²) in [6.07, 6.45) is 0.942. The molecule has 2 N–H and O–H groups in total. The maximum absolute atomic E-state index is 5.83. The molecule has 0 bridgehead atoms. The summed E-state index contributed by atoms with van der Waals surface area (Å²) in [6, 6.07) is 0.0815. The van der Waals surface area contributed by atoms with Crippen LogP contribution in [0.15, 0.2) is 0 Å². The number of aromatic nitrogens is 1. The second-order valence-electron chi connectivity index (χ2n) is 2.99. The summed E-state index contributed by atoms with van der Waals surface area (Å²) in [4.78, 5) is 5.64. The average molecular weight is 200 g/mol. The van der Waals surface area contributed by atoms with Crippen molar-refractivity contribution in [2.45, 2.75) is 32.9 Å². The summed E-state index contributed by atoms with van der Waals surface area (Å²) < 4.78 is 5.03. The van der Waals surface area contributed by atoms with Gasteiger partial charge in [0, 0.05) is 18.0 Å². The summed E-state index contributed by atoms with van der Waals surface area (Å²) >= 11 is 1.66. The lowest BCUT2D eigenvalue weighted by molar-refractivity contribution is 0.184. The Balaban J connectivity index is 2.90. The van der Waals surface area contributed by atoms with Crippen LogP contribution < -0.4 is 5.73 Å². The Bertz CT molecular complexity index is 271. The van der Waals surface area contributed by atoms with Gasteiger partial charge in [0.05, 0.1) is 12.3 Å². The summed E-state index contributed by atoms with van der Waals surface area (Å²) in [5.74, 6) is 0. The third-order valence-corrected chi connectivity index (χ3v) is 3.06. The minimum absolute atomic E-state index is 0.0815. The molecule has 74 valence electrons. The van der Waals surface area contributed by atoms with Crippen LogP contribution in [0.3, 0.4) is 0 Å². The first-order chi connectivity index (χ1) is 6.19. The van der Waals surface area contributed by atoms with Crippen LogP contribution >= 0.6 is 11.3 Å². The predicted molar refractivity (Wildman–Crippen MR) is 54.8 cm³/mol. The number of hydrogen-bond donors (Lipinski definition) is 1. The van der Waals surface area contributed by atoms with E-state index in [1.54, 1.807) is 18.4 Å². The van der Waals surface area contributed by atoms with Crippen molar-refractivity contribution in [1.82, 2.24) is 4.98 Å². The molecule has 0 aliphatic rings. The lowest BCUT2D eigenvalue weighted by Gasteiger charge is -2.01. The molecule has 0 fully saturated rings. The van der Waals surface area contributed by atoms with Crippen molar-refractivity contribution in [2.75, 3.05) is 7.11 Å². The minimum atomic E-state index is 0.0815. The van der Waals surface area contributed by atoms with Crippen LogP contribution in [0.2, 0.25) is 0 Å². The second kappa shape index (κ2) is 4.69. The molecule has 1 aromatic rings. The first kappa shape index (κ1) is 10.6. The Morgan fingerprint density at radius 2 is 2.31 bits per heavy atom. The molecule has 0 aromatic carbocycles. The first-order valence-corrected chi connectivity index (χ1v) is 5.23. The highest BCUT2D eigenvalue weighted by Gasteiger charge is 2.12. The number of aryl methyl sites for hydroxylation is 1. The summed E-state index contributed by atoms with van der Waals surface area (Å²) in [6.45, 7) is 4.67. The molecule has 1 rings (SSSR count). The molecule has 0 saturated heterocycles. The molecule has 0 aliphatic heterocycles. The number of rotatable bonds is 4. The van der Waals surface area contributed by atoms with Gasteiger partial charge >= 0.3 is 0 Å². The van der Waals surface area contributed by atoms with Crippen molar-refractivity contribution in [3.8, 4) is 0 Å². The number of hydrogen-bond acceptors (Lipinski definition) is 4. The smallest absolute Gasteiger partial charge is 0.119 e. The molecule has 1 atom stereocenters. The van der Waals surface area contributed by atoms with Crippen molar-refractivity contribution in [3.63, 3.8) is 0 Å². The number of methoxy groups -OCH3 is 1. The fourth-order valence-corrected chi connectivity index (χ4v) is 2.29. The molecule has 0 spiro atoms. The van der Waals surface area contributed by atoms with E-state index in [1.165, 1.54) is 4.88 Å². The normalized spacial score (nSPS) is 13.2. The van der Waals surface area contributed by atoms with Crippen molar-refractivity contribution in [3.05, 3.63) is 15.6 Å². The first-order valence-electron chi connectivity index (χ1n) is 4.42. The summed E-state index contributed by atoms with van der Waals surface area (Å²) in [5.41, 5.74) is 6.95. The van der Waals surface area contributed by atoms with Crippen LogP contribution in [0.4, 0.5) is 0 Å². The van der Waals surface area contributed by atoms with Crippen LogP contribution in [0.1, 0.15) is 35.5 Å². The zero-order chi connectivity index (χ0) is 9.84. The van der Waals surface area contributed by atoms with Gasteiger partial charge in [0.15, 0.2) is 0 Å². The lowest BCUT2D eigenvalue weighted by atomic mass is 10.2. The lowest BCUT2D eigenvalue weighted by Crippen LogP contribution is -2.05. The maximum Gasteiger partial charge on any atom is 0.119 e. The van der Waals surface area contributed by atoms with E-state index in [0.717, 1.165) is 17.1 Å². The molecular formula is C9H16N2OS. The Hall–Kier alpha value is -0.450. The number of ether oxygens (including phenoxy) is 1. The fourth-order valence-electron chi connectivity index (χ4n) is 1.21. The van der Waals surface area contributed by atoms with E-state index in [4.69, 9.17) is 10.5 Å². The molecule has 0 amide bonds. The third kappa shape index (κ3) is 2.49. The molecular weight excluding hydrogens is 184 g/mol. The summed E-state index contributed by atoms with van der Waals surface area (Å²) in [7, 11) is 1.68. The molecule has 13 heavy (non-hydrogen) atoms. The standard InChI is InChI=1S/C9H16N2OS/c1-4-7-9(6(2)10)13-8(11-7)5-12-3/h6H,4-5,10H2,1-3H3. The molecule has 1 heterocycles. The highest BCUT2D eigenvalue weighted by atomic mass is 32.1. The van der Waals surface area contributed by atoms with E-state index in [0.29, 0.717) is 6.61 Å². The zero-order valence-corrected chi connectivity index (χ0v) is 9.15. The highest BCUT2D eigenvalue weighted by Crippen LogP contribution is 2.24. The molecule has 0 saturated carbocycles. The fraction of sp³-hybridized carbons (Fsp3) is 0.667.